The van der Waals surface area contributed by atoms with Gasteiger partial charge in [0.15, 0.2) is 0 Å². The number of anilines is 1. The molecule has 0 saturated carbocycles. The molecule has 3 aromatic rings. The third kappa shape index (κ3) is 5.45. The summed E-state index contributed by atoms with van der Waals surface area (Å²) in [5.41, 5.74) is -1.40. The first kappa shape index (κ1) is 25.9. The lowest BCUT2D eigenvalue weighted by Gasteiger charge is -2.26. The number of imide groups is 2. The van der Waals surface area contributed by atoms with E-state index < -0.39 is 35.0 Å². The highest BCUT2D eigenvalue weighted by Crippen LogP contribution is 2.20. The summed E-state index contributed by atoms with van der Waals surface area (Å²) in [4.78, 5) is 64.6. The molecule has 0 atom stereocenters. The third-order valence-electron chi connectivity index (χ3n) is 5.29. The van der Waals surface area contributed by atoms with Crippen molar-refractivity contribution in [1.29, 1.82) is 0 Å². The molecule has 4 amide bonds. The number of para-hydroxylation sites is 2. The average Bonchev–Trinajstić information content (AvgIpc) is 2.89. The number of hydrogen-bond donors (Lipinski definition) is 3. The van der Waals surface area contributed by atoms with Gasteiger partial charge in [-0.3, -0.25) is 24.7 Å². The van der Waals surface area contributed by atoms with Gasteiger partial charge in [-0.15, -0.1) is 0 Å². The molecule has 1 aliphatic rings. The Bertz CT molecular complexity index is 1650. The van der Waals surface area contributed by atoms with E-state index in [1.165, 1.54) is 36.5 Å². The van der Waals surface area contributed by atoms with E-state index in [0.29, 0.717) is 11.4 Å². The summed E-state index contributed by atoms with van der Waals surface area (Å²) >= 11 is 6.17. The van der Waals surface area contributed by atoms with Crippen LogP contribution in [-0.2, 0) is 9.59 Å². The summed E-state index contributed by atoms with van der Waals surface area (Å²) < 4.78 is 0.945. The first-order chi connectivity index (χ1) is 18.3. The van der Waals surface area contributed by atoms with E-state index in [1.807, 2.05) is 0 Å². The van der Waals surface area contributed by atoms with Gasteiger partial charge in [0.25, 0.3) is 17.4 Å². The van der Waals surface area contributed by atoms with Gasteiger partial charge in [0.1, 0.15) is 11.1 Å². The molecule has 3 N–H and O–H groups in total. The molecule has 38 heavy (non-hydrogen) atoms. The number of aromatic hydroxyl groups is 1. The van der Waals surface area contributed by atoms with Crippen LogP contribution in [0.1, 0.15) is 5.56 Å². The van der Waals surface area contributed by atoms with Crippen molar-refractivity contribution in [3.63, 3.8) is 0 Å². The number of nitrogens with one attached hydrogen (secondary N) is 2. The molecule has 0 spiro atoms. The Balaban J connectivity index is 1.54. The molecular formula is C27H19ClN4O6. The standard InChI is InChI=1S/C27H19ClN4O6/c28-17(15-16-21-23(34)30-27(38)32(25(21)36)19-12-5-2-6-13-19)9-7-8-14-20-22(33)29-26(37)31(24(20)35)18-10-3-1-4-11-18/h1-16,36H,(H,29,33,37)(H,30,34,38)/b8-7+,16-15+,17-9-,20-14+. The summed E-state index contributed by atoms with van der Waals surface area (Å²) in [6.45, 7) is 0. The fraction of sp³-hybridized carbons (Fsp3) is 0. The minimum Gasteiger partial charge on any atom is -0.494 e. The summed E-state index contributed by atoms with van der Waals surface area (Å²) in [5.74, 6) is -2.19. The number of benzene rings is 2. The molecule has 1 aliphatic heterocycles. The van der Waals surface area contributed by atoms with Crippen LogP contribution < -0.4 is 21.5 Å². The fourth-order valence-corrected chi connectivity index (χ4v) is 3.65. The van der Waals surface area contributed by atoms with Crippen molar-refractivity contribution in [2.75, 3.05) is 4.90 Å². The van der Waals surface area contributed by atoms with Crippen molar-refractivity contribution in [1.82, 2.24) is 14.9 Å². The Morgan fingerprint density at radius 2 is 1.50 bits per heavy atom. The minimum absolute atomic E-state index is 0.122. The summed E-state index contributed by atoms with van der Waals surface area (Å²) in [6.07, 6.45) is 7.99. The number of amides is 4. The first-order valence-corrected chi connectivity index (χ1v) is 11.5. The van der Waals surface area contributed by atoms with Crippen molar-refractivity contribution in [3.05, 3.63) is 128 Å². The molecule has 1 aromatic heterocycles. The van der Waals surface area contributed by atoms with E-state index in [1.54, 1.807) is 60.7 Å². The number of aromatic amines is 1. The second-order valence-corrected chi connectivity index (χ2v) is 8.19. The van der Waals surface area contributed by atoms with Crippen LogP contribution in [0, 0.1) is 0 Å². The van der Waals surface area contributed by atoms with E-state index in [0.717, 1.165) is 9.47 Å². The maximum Gasteiger partial charge on any atom is 0.335 e. The van der Waals surface area contributed by atoms with Crippen LogP contribution in [0.15, 0.2) is 111 Å². The summed E-state index contributed by atoms with van der Waals surface area (Å²) in [6, 6.07) is 15.6. The van der Waals surface area contributed by atoms with Gasteiger partial charge in [-0.05, 0) is 48.6 Å². The number of hydrogen-bond acceptors (Lipinski definition) is 6. The quantitative estimate of drug-likeness (QED) is 0.254. The molecule has 11 heteroatoms. The fourth-order valence-electron chi connectivity index (χ4n) is 3.51. The zero-order valence-corrected chi connectivity index (χ0v) is 20.3. The van der Waals surface area contributed by atoms with Crippen LogP contribution in [0.5, 0.6) is 5.88 Å². The predicted molar refractivity (Wildman–Crippen MR) is 142 cm³/mol. The van der Waals surface area contributed by atoms with E-state index in [9.17, 15) is 29.1 Å². The molecular weight excluding hydrogens is 512 g/mol. The molecule has 0 bridgehead atoms. The van der Waals surface area contributed by atoms with Crippen molar-refractivity contribution < 1.29 is 19.5 Å². The Labute approximate surface area is 220 Å². The molecule has 0 unspecified atom stereocenters. The second kappa shape index (κ2) is 11.2. The van der Waals surface area contributed by atoms with Gasteiger partial charge in [0, 0.05) is 5.03 Å². The minimum atomic E-state index is -0.850. The lowest BCUT2D eigenvalue weighted by atomic mass is 10.1. The van der Waals surface area contributed by atoms with E-state index in [4.69, 9.17) is 11.6 Å². The first-order valence-electron chi connectivity index (χ1n) is 11.1. The molecule has 2 aromatic carbocycles. The topological polar surface area (TPSA) is 142 Å². The van der Waals surface area contributed by atoms with Crippen molar-refractivity contribution in [2.45, 2.75) is 0 Å². The molecule has 10 nitrogen and oxygen atoms in total. The third-order valence-corrected chi connectivity index (χ3v) is 5.54. The maximum absolute atomic E-state index is 12.8. The van der Waals surface area contributed by atoms with E-state index in [-0.39, 0.29) is 16.2 Å². The van der Waals surface area contributed by atoms with Gasteiger partial charge in [0.2, 0.25) is 5.88 Å². The van der Waals surface area contributed by atoms with E-state index >= 15 is 0 Å². The number of halogens is 1. The monoisotopic (exact) mass is 530 g/mol. The van der Waals surface area contributed by atoms with Gasteiger partial charge in [-0.1, -0.05) is 60.2 Å². The smallest absolute Gasteiger partial charge is 0.335 e. The highest BCUT2D eigenvalue weighted by Gasteiger charge is 2.36. The number of urea groups is 1. The van der Waals surface area contributed by atoms with Gasteiger partial charge < -0.3 is 5.11 Å². The average molecular weight is 531 g/mol. The van der Waals surface area contributed by atoms with Crippen molar-refractivity contribution in [2.24, 2.45) is 0 Å². The number of carbonyl (C=O) groups excluding carboxylic acids is 3. The number of carbonyl (C=O) groups is 3. The SMILES string of the molecule is O=C1NC(=O)N(c2ccccc2)C(=O)/C1=C/C=C/C=C(Cl)/C=C/c1c(O)n(-c2ccccc2)c(=O)[nH]c1=O. The lowest BCUT2D eigenvalue weighted by molar-refractivity contribution is -0.122. The maximum atomic E-state index is 12.8. The van der Waals surface area contributed by atoms with Gasteiger partial charge in [-0.2, -0.15) is 0 Å². The Morgan fingerprint density at radius 1 is 0.868 bits per heavy atom. The molecule has 1 fully saturated rings. The van der Waals surface area contributed by atoms with Crippen molar-refractivity contribution >= 4 is 41.2 Å². The molecule has 2 heterocycles. The number of H-pyrrole nitrogens is 1. The highest BCUT2D eigenvalue weighted by atomic mass is 35.5. The van der Waals surface area contributed by atoms with Gasteiger partial charge in [0.05, 0.1) is 11.4 Å². The van der Waals surface area contributed by atoms with Crippen LogP contribution >= 0.6 is 11.6 Å². The largest absolute Gasteiger partial charge is 0.494 e. The van der Waals surface area contributed by atoms with Crippen LogP contribution in [-0.4, -0.2) is 32.5 Å². The number of aromatic nitrogens is 2. The Kier molecular flexibility index (Phi) is 7.64. The molecule has 1 saturated heterocycles. The second-order valence-electron chi connectivity index (χ2n) is 7.75. The predicted octanol–water partition coefficient (Wildman–Crippen LogP) is 3.13. The van der Waals surface area contributed by atoms with Crippen molar-refractivity contribution in [3.8, 4) is 11.6 Å². The number of barbiturate groups is 1. The number of rotatable bonds is 6. The van der Waals surface area contributed by atoms with Crippen LogP contribution in [0.3, 0.4) is 0 Å². The van der Waals surface area contributed by atoms with Gasteiger partial charge in [-0.25, -0.2) is 19.1 Å². The zero-order chi connectivity index (χ0) is 27.2. The van der Waals surface area contributed by atoms with E-state index in [2.05, 4.69) is 10.3 Å². The van der Waals surface area contributed by atoms with Crippen LogP contribution in [0.25, 0.3) is 11.8 Å². The summed E-state index contributed by atoms with van der Waals surface area (Å²) in [5, 5.41) is 12.8. The zero-order valence-electron chi connectivity index (χ0n) is 19.5. The van der Waals surface area contributed by atoms with Gasteiger partial charge >= 0.3 is 11.7 Å². The van der Waals surface area contributed by atoms with Crippen LogP contribution in [0.4, 0.5) is 10.5 Å². The summed E-state index contributed by atoms with van der Waals surface area (Å²) in [7, 11) is 0. The lowest BCUT2D eigenvalue weighted by Crippen LogP contribution is -2.54. The highest BCUT2D eigenvalue weighted by molar-refractivity contribution is 6.37. The molecule has 4 rings (SSSR count). The molecule has 0 radical (unpaired) electrons. The normalized spacial score (nSPS) is 15.6. The Hall–Kier alpha value is -5.22. The number of nitrogens with zero attached hydrogens (tertiary/aromatic N) is 2. The number of allylic oxidation sites excluding steroid dienone is 6. The molecule has 190 valence electrons. The van der Waals surface area contributed by atoms with Crippen LogP contribution in [0.2, 0.25) is 0 Å². The Morgan fingerprint density at radius 3 is 2.16 bits per heavy atom. The molecule has 0 aliphatic carbocycles.